The van der Waals surface area contributed by atoms with Crippen molar-refractivity contribution >= 4 is 0 Å². The van der Waals surface area contributed by atoms with Crippen molar-refractivity contribution in [2.24, 2.45) is 34.0 Å². The minimum atomic E-state index is 0.263. The molecule has 3 fully saturated rings. The fraction of sp³-hybridized carbons (Fsp3) is 0.846. The molecule has 0 spiro atoms. The minimum Gasteiger partial charge on any atom is -0.366 e. The third-order valence-electron chi connectivity index (χ3n) is 10.8. The second kappa shape index (κ2) is 6.93. The molecule has 5 rings (SSSR count). The first-order chi connectivity index (χ1) is 13.8. The number of fused-ring (bicyclic) bond motifs is 6. The summed E-state index contributed by atoms with van der Waals surface area (Å²) in [6, 6.07) is 1.23. The first-order valence-electron chi connectivity index (χ1n) is 12.2. The molecule has 3 heteroatoms. The van der Waals surface area contributed by atoms with E-state index in [0.717, 1.165) is 25.2 Å². The van der Waals surface area contributed by atoms with Crippen molar-refractivity contribution in [3.8, 4) is 0 Å². The van der Waals surface area contributed by atoms with Crippen LogP contribution >= 0.6 is 0 Å². The smallest absolute Gasteiger partial charge is 0.0967 e. The Hall–Kier alpha value is -0.640. The van der Waals surface area contributed by atoms with Crippen molar-refractivity contribution in [3.63, 3.8) is 0 Å². The van der Waals surface area contributed by atoms with Crippen LogP contribution in [0.25, 0.3) is 0 Å². The Balaban J connectivity index is 1.49. The van der Waals surface area contributed by atoms with Crippen LogP contribution in [0.3, 0.4) is 0 Å². The van der Waals surface area contributed by atoms with Gasteiger partial charge in [0.2, 0.25) is 0 Å². The molecule has 0 unspecified atom stereocenters. The maximum Gasteiger partial charge on any atom is 0.0967 e. The van der Waals surface area contributed by atoms with E-state index >= 15 is 0 Å². The molecule has 0 aromatic carbocycles. The predicted octanol–water partition coefficient (Wildman–Crippen LogP) is 5.05. The molecule has 1 heterocycles. The summed E-state index contributed by atoms with van der Waals surface area (Å²) in [5, 5.41) is 7.27. The first kappa shape index (κ1) is 20.3. The summed E-state index contributed by atoms with van der Waals surface area (Å²) in [6.45, 7) is 11.8. The third-order valence-corrected chi connectivity index (χ3v) is 10.8. The molecule has 0 aromatic rings. The fourth-order valence-corrected chi connectivity index (χ4v) is 8.61. The highest BCUT2D eigenvalue weighted by molar-refractivity contribution is 5.37. The zero-order chi connectivity index (χ0) is 20.4. The van der Waals surface area contributed by atoms with E-state index in [1.807, 2.05) is 0 Å². The SMILES string of the molecule is CN[C@H](C)[C@H]1CC[C@@]2(C)[C@@H]3CC[C@H]4C(=CC3=CC[C@]12C)CC[C@H]1NCOC[C@@]14C. The quantitative estimate of drug-likeness (QED) is 0.683. The van der Waals surface area contributed by atoms with Crippen molar-refractivity contribution in [2.45, 2.75) is 84.7 Å². The van der Waals surface area contributed by atoms with Crippen LogP contribution in [0.2, 0.25) is 0 Å². The van der Waals surface area contributed by atoms with Gasteiger partial charge in [-0.2, -0.15) is 0 Å². The maximum atomic E-state index is 5.95. The molecule has 0 amide bonds. The minimum absolute atomic E-state index is 0.263. The molecule has 29 heavy (non-hydrogen) atoms. The normalized spacial score (nSPS) is 50.2. The molecule has 2 saturated carbocycles. The van der Waals surface area contributed by atoms with E-state index < -0.39 is 0 Å². The van der Waals surface area contributed by atoms with Gasteiger partial charge in [-0.05, 0) is 93.1 Å². The van der Waals surface area contributed by atoms with E-state index in [1.165, 1.54) is 44.9 Å². The molecule has 0 aromatic heterocycles. The Kier molecular flexibility index (Phi) is 4.85. The Labute approximate surface area is 178 Å². The molecule has 1 aliphatic heterocycles. The van der Waals surface area contributed by atoms with Gasteiger partial charge in [-0.25, -0.2) is 0 Å². The number of hydrogen-bond donors (Lipinski definition) is 2. The van der Waals surface area contributed by atoms with E-state index in [0.29, 0.717) is 28.8 Å². The van der Waals surface area contributed by atoms with Crippen LogP contribution in [0, 0.1) is 34.0 Å². The van der Waals surface area contributed by atoms with Gasteiger partial charge in [0.1, 0.15) is 0 Å². The second-order valence-corrected chi connectivity index (χ2v) is 11.7. The van der Waals surface area contributed by atoms with Crippen LogP contribution in [-0.4, -0.2) is 32.5 Å². The number of allylic oxidation sites excluding steroid dienone is 4. The number of ether oxygens (including phenoxy) is 1. The van der Waals surface area contributed by atoms with Crippen LogP contribution in [0.5, 0.6) is 0 Å². The summed E-state index contributed by atoms with van der Waals surface area (Å²) in [5.41, 5.74) is 4.53. The highest BCUT2D eigenvalue weighted by atomic mass is 16.5. The predicted molar refractivity (Wildman–Crippen MR) is 120 cm³/mol. The molecular weight excluding hydrogens is 356 g/mol. The zero-order valence-corrected chi connectivity index (χ0v) is 19.3. The number of nitrogens with one attached hydrogen (secondary N) is 2. The van der Waals surface area contributed by atoms with Crippen molar-refractivity contribution < 1.29 is 4.74 Å². The summed E-state index contributed by atoms with van der Waals surface area (Å²) in [7, 11) is 2.14. The van der Waals surface area contributed by atoms with E-state index in [4.69, 9.17) is 4.74 Å². The van der Waals surface area contributed by atoms with Gasteiger partial charge in [-0.1, -0.05) is 38.5 Å². The van der Waals surface area contributed by atoms with Gasteiger partial charge in [-0.3, -0.25) is 5.32 Å². The average Bonchev–Trinajstić information content (AvgIpc) is 2.86. The highest BCUT2D eigenvalue weighted by Gasteiger charge is 2.60. The van der Waals surface area contributed by atoms with Gasteiger partial charge in [0.05, 0.1) is 13.3 Å². The lowest BCUT2D eigenvalue weighted by Crippen LogP contribution is -2.57. The second-order valence-electron chi connectivity index (χ2n) is 11.7. The first-order valence-corrected chi connectivity index (χ1v) is 12.2. The van der Waals surface area contributed by atoms with Gasteiger partial charge in [0.25, 0.3) is 0 Å². The molecule has 1 saturated heterocycles. The van der Waals surface area contributed by atoms with Crippen LogP contribution in [0.1, 0.15) is 72.6 Å². The fourth-order valence-electron chi connectivity index (χ4n) is 8.61. The van der Waals surface area contributed by atoms with Gasteiger partial charge >= 0.3 is 0 Å². The van der Waals surface area contributed by atoms with Crippen LogP contribution < -0.4 is 10.6 Å². The highest BCUT2D eigenvalue weighted by Crippen LogP contribution is 2.67. The lowest BCUT2D eigenvalue weighted by molar-refractivity contribution is -0.0738. The molecular formula is C26H42N2O. The molecule has 0 radical (unpaired) electrons. The summed E-state index contributed by atoms with van der Waals surface area (Å²) in [6.07, 6.45) is 14.6. The molecule has 2 N–H and O–H groups in total. The number of hydrogen-bond acceptors (Lipinski definition) is 3. The largest absolute Gasteiger partial charge is 0.366 e. The number of rotatable bonds is 2. The van der Waals surface area contributed by atoms with E-state index in [1.54, 1.807) is 11.1 Å². The van der Waals surface area contributed by atoms with E-state index in [2.05, 4.69) is 57.5 Å². The van der Waals surface area contributed by atoms with Crippen molar-refractivity contribution in [1.29, 1.82) is 0 Å². The lowest BCUT2D eigenvalue weighted by Gasteiger charge is -2.53. The van der Waals surface area contributed by atoms with Crippen LogP contribution in [-0.2, 0) is 4.74 Å². The monoisotopic (exact) mass is 398 g/mol. The lowest BCUT2D eigenvalue weighted by atomic mass is 9.51. The Morgan fingerprint density at radius 1 is 1.10 bits per heavy atom. The topological polar surface area (TPSA) is 33.3 Å². The Morgan fingerprint density at radius 2 is 1.90 bits per heavy atom. The van der Waals surface area contributed by atoms with Crippen molar-refractivity contribution in [2.75, 3.05) is 20.4 Å². The maximum absolute atomic E-state index is 5.95. The molecule has 5 aliphatic rings. The van der Waals surface area contributed by atoms with Gasteiger partial charge in [-0.15, -0.1) is 0 Å². The Bertz CT molecular complexity index is 728. The van der Waals surface area contributed by atoms with Gasteiger partial charge in [0, 0.05) is 17.5 Å². The molecule has 0 bridgehead atoms. The zero-order valence-electron chi connectivity index (χ0n) is 19.3. The Morgan fingerprint density at radius 3 is 2.69 bits per heavy atom. The van der Waals surface area contributed by atoms with E-state index in [9.17, 15) is 0 Å². The summed E-state index contributed by atoms with van der Waals surface area (Å²) in [5.74, 6) is 2.20. The van der Waals surface area contributed by atoms with Gasteiger partial charge < -0.3 is 10.1 Å². The van der Waals surface area contributed by atoms with Crippen molar-refractivity contribution in [3.05, 3.63) is 23.3 Å². The molecule has 162 valence electrons. The summed E-state index contributed by atoms with van der Waals surface area (Å²) < 4.78 is 5.95. The van der Waals surface area contributed by atoms with E-state index in [-0.39, 0.29) is 5.41 Å². The molecule has 4 aliphatic carbocycles. The summed E-state index contributed by atoms with van der Waals surface area (Å²) >= 11 is 0. The summed E-state index contributed by atoms with van der Waals surface area (Å²) in [4.78, 5) is 0. The average molecular weight is 399 g/mol. The van der Waals surface area contributed by atoms with Crippen molar-refractivity contribution in [1.82, 2.24) is 10.6 Å². The van der Waals surface area contributed by atoms with Crippen LogP contribution in [0.15, 0.2) is 23.3 Å². The third kappa shape index (κ3) is 2.72. The molecule has 8 atom stereocenters. The molecule has 3 nitrogen and oxygen atoms in total. The standard InChI is InChI=1S/C26H42N2O/c1-17(27-5)20-11-13-26(4)22-8-7-21-18(14-19(22)10-12-25(20,26)3)6-9-23-24(21,2)15-29-16-28-23/h10,14,17,20-23,27-28H,6-9,11-13,15-16H2,1-5H3/t17-,20-,21+,22-,23-,24-,25-,26+/m1/s1. The van der Waals surface area contributed by atoms with Gasteiger partial charge in [0.15, 0.2) is 0 Å². The van der Waals surface area contributed by atoms with Crippen LogP contribution in [0.4, 0.5) is 0 Å².